The Labute approximate surface area is 205 Å². The molecule has 0 bridgehead atoms. The molecule has 1 unspecified atom stereocenters. The number of para-hydroxylation sites is 2. The fraction of sp³-hybridized carbons (Fsp3) is 0.250. The number of aliphatic imine (C=N–C) groups is 1. The molecule has 0 saturated heterocycles. The van der Waals surface area contributed by atoms with E-state index in [1.807, 2.05) is 66.7 Å². The highest BCUT2D eigenvalue weighted by Gasteiger charge is 2.20. The van der Waals surface area contributed by atoms with Crippen LogP contribution in [0.1, 0.15) is 11.3 Å². The molecule has 0 spiro atoms. The highest BCUT2D eigenvalue weighted by molar-refractivity contribution is 14.0. The van der Waals surface area contributed by atoms with Gasteiger partial charge in [-0.2, -0.15) is 0 Å². The Hall–Kier alpha value is -3.01. The van der Waals surface area contributed by atoms with Crippen molar-refractivity contribution in [2.75, 3.05) is 20.2 Å². The standard InChI is InChI=1S/C24H26N4O3.HI/c1-25-24(28-15-21-17-30-22-10-2-3-11-23(22)31-21)27-14-18-7-6-9-20(13-18)29-16-19-8-4-5-12-26-19;/h2-13,21H,14-17H2,1H3,(H2,25,27,28);1H. The zero-order chi connectivity index (χ0) is 21.3. The molecule has 8 heteroatoms. The van der Waals surface area contributed by atoms with Crippen LogP contribution in [0.2, 0.25) is 0 Å². The second-order valence-corrected chi connectivity index (χ2v) is 7.06. The predicted octanol–water partition coefficient (Wildman–Crippen LogP) is 3.78. The lowest BCUT2D eigenvalue weighted by molar-refractivity contribution is 0.0936. The quantitative estimate of drug-likeness (QED) is 0.267. The first-order valence-corrected chi connectivity index (χ1v) is 10.2. The van der Waals surface area contributed by atoms with E-state index < -0.39 is 0 Å². The van der Waals surface area contributed by atoms with Crippen molar-refractivity contribution in [3.63, 3.8) is 0 Å². The topological polar surface area (TPSA) is 77.0 Å². The van der Waals surface area contributed by atoms with Crippen molar-refractivity contribution in [3.8, 4) is 17.2 Å². The van der Waals surface area contributed by atoms with Crippen LogP contribution in [0.15, 0.2) is 77.9 Å². The smallest absolute Gasteiger partial charge is 0.191 e. The van der Waals surface area contributed by atoms with Crippen LogP contribution in [0, 0.1) is 0 Å². The Morgan fingerprint density at radius 1 is 1.06 bits per heavy atom. The molecule has 1 atom stereocenters. The van der Waals surface area contributed by atoms with Crippen molar-refractivity contribution in [1.29, 1.82) is 0 Å². The normalized spacial score (nSPS) is 14.8. The average molecular weight is 546 g/mol. The monoisotopic (exact) mass is 546 g/mol. The van der Waals surface area contributed by atoms with E-state index in [9.17, 15) is 0 Å². The molecule has 1 aliphatic heterocycles. The summed E-state index contributed by atoms with van der Waals surface area (Å²) in [5.41, 5.74) is 1.99. The molecule has 2 N–H and O–H groups in total. The highest BCUT2D eigenvalue weighted by Crippen LogP contribution is 2.30. The summed E-state index contributed by atoms with van der Waals surface area (Å²) in [4.78, 5) is 8.57. The van der Waals surface area contributed by atoms with E-state index in [4.69, 9.17) is 14.2 Å². The van der Waals surface area contributed by atoms with Gasteiger partial charge in [-0.1, -0.05) is 30.3 Å². The number of ether oxygens (including phenoxy) is 3. The zero-order valence-corrected chi connectivity index (χ0v) is 20.2. The van der Waals surface area contributed by atoms with E-state index in [1.165, 1.54) is 0 Å². The molecule has 0 radical (unpaired) electrons. The Kier molecular flexibility index (Phi) is 8.97. The number of pyridine rings is 1. The van der Waals surface area contributed by atoms with Crippen molar-refractivity contribution < 1.29 is 14.2 Å². The molecular weight excluding hydrogens is 519 g/mol. The number of fused-ring (bicyclic) bond motifs is 1. The average Bonchev–Trinajstić information content (AvgIpc) is 2.83. The molecule has 3 aromatic rings. The van der Waals surface area contributed by atoms with Gasteiger partial charge in [0.05, 0.1) is 12.2 Å². The van der Waals surface area contributed by atoms with Crippen LogP contribution in [0.25, 0.3) is 0 Å². The summed E-state index contributed by atoms with van der Waals surface area (Å²) in [5, 5.41) is 6.62. The molecule has 32 heavy (non-hydrogen) atoms. The molecule has 1 aromatic heterocycles. The van der Waals surface area contributed by atoms with E-state index in [0.29, 0.717) is 32.3 Å². The molecule has 0 saturated carbocycles. The zero-order valence-electron chi connectivity index (χ0n) is 17.9. The van der Waals surface area contributed by atoms with Gasteiger partial charge in [-0.25, -0.2) is 0 Å². The third-order valence-electron chi connectivity index (χ3n) is 4.76. The van der Waals surface area contributed by atoms with Gasteiger partial charge in [0, 0.05) is 19.8 Å². The van der Waals surface area contributed by atoms with Crippen molar-refractivity contribution >= 4 is 29.9 Å². The minimum atomic E-state index is -0.0863. The number of hydrogen-bond acceptors (Lipinski definition) is 5. The maximum Gasteiger partial charge on any atom is 0.191 e. The molecule has 7 nitrogen and oxygen atoms in total. The summed E-state index contributed by atoms with van der Waals surface area (Å²) in [7, 11) is 1.75. The van der Waals surface area contributed by atoms with Crippen LogP contribution in [-0.2, 0) is 13.2 Å². The van der Waals surface area contributed by atoms with Gasteiger partial charge < -0.3 is 24.8 Å². The maximum absolute atomic E-state index is 5.98. The Morgan fingerprint density at radius 3 is 2.72 bits per heavy atom. The number of benzene rings is 2. The Balaban J connectivity index is 0.00000289. The van der Waals surface area contributed by atoms with Gasteiger partial charge in [-0.05, 0) is 42.0 Å². The number of hydrogen-bond donors (Lipinski definition) is 2. The van der Waals surface area contributed by atoms with Gasteiger partial charge in [0.1, 0.15) is 25.1 Å². The van der Waals surface area contributed by atoms with Crippen LogP contribution in [0.3, 0.4) is 0 Å². The number of aromatic nitrogens is 1. The fourth-order valence-corrected chi connectivity index (χ4v) is 3.17. The lowest BCUT2D eigenvalue weighted by Gasteiger charge is -2.27. The van der Waals surface area contributed by atoms with E-state index in [2.05, 4.69) is 20.6 Å². The number of rotatable bonds is 7. The fourth-order valence-electron chi connectivity index (χ4n) is 3.17. The SMILES string of the molecule is CN=C(NCc1cccc(OCc2ccccn2)c1)NCC1COc2ccccc2O1.I. The Bertz CT molecular complexity index is 1020. The molecule has 0 aliphatic carbocycles. The van der Waals surface area contributed by atoms with E-state index in [0.717, 1.165) is 28.5 Å². The molecule has 0 amide bonds. The van der Waals surface area contributed by atoms with Gasteiger partial charge in [0.2, 0.25) is 0 Å². The van der Waals surface area contributed by atoms with Crippen molar-refractivity contribution in [2.24, 2.45) is 4.99 Å². The summed E-state index contributed by atoms with van der Waals surface area (Å²) < 4.78 is 17.6. The molecule has 1 aliphatic rings. The summed E-state index contributed by atoms with van der Waals surface area (Å²) in [5.74, 6) is 3.05. The van der Waals surface area contributed by atoms with Gasteiger partial charge in [-0.3, -0.25) is 9.98 Å². The number of guanidine groups is 1. The highest BCUT2D eigenvalue weighted by atomic mass is 127. The van der Waals surface area contributed by atoms with E-state index >= 15 is 0 Å². The first kappa shape index (κ1) is 23.6. The second-order valence-electron chi connectivity index (χ2n) is 7.06. The van der Waals surface area contributed by atoms with Crippen LogP contribution in [0.4, 0.5) is 0 Å². The van der Waals surface area contributed by atoms with Crippen LogP contribution < -0.4 is 24.8 Å². The minimum absolute atomic E-state index is 0. The number of halogens is 1. The number of nitrogens with zero attached hydrogens (tertiary/aromatic N) is 2. The summed E-state index contributed by atoms with van der Waals surface area (Å²) in [6.07, 6.45) is 1.68. The third kappa shape index (κ3) is 6.74. The largest absolute Gasteiger partial charge is 0.487 e. The van der Waals surface area contributed by atoms with Gasteiger partial charge in [-0.15, -0.1) is 24.0 Å². The van der Waals surface area contributed by atoms with Gasteiger partial charge in [0.25, 0.3) is 0 Å². The molecule has 2 heterocycles. The first-order valence-electron chi connectivity index (χ1n) is 10.2. The molecule has 2 aromatic carbocycles. The van der Waals surface area contributed by atoms with Gasteiger partial charge >= 0.3 is 0 Å². The predicted molar refractivity (Wildman–Crippen MR) is 135 cm³/mol. The van der Waals surface area contributed by atoms with Gasteiger partial charge in [0.15, 0.2) is 17.5 Å². The lowest BCUT2D eigenvalue weighted by Crippen LogP contribution is -2.45. The van der Waals surface area contributed by atoms with Crippen LogP contribution in [-0.4, -0.2) is 37.2 Å². The lowest BCUT2D eigenvalue weighted by atomic mass is 10.2. The number of nitrogens with one attached hydrogen (secondary N) is 2. The molecule has 0 fully saturated rings. The Morgan fingerprint density at radius 2 is 1.91 bits per heavy atom. The summed E-state index contributed by atoms with van der Waals surface area (Å²) in [6.45, 7) is 2.14. The summed E-state index contributed by atoms with van der Waals surface area (Å²) in [6, 6.07) is 21.5. The third-order valence-corrected chi connectivity index (χ3v) is 4.76. The van der Waals surface area contributed by atoms with E-state index in [1.54, 1.807) is 13.2 Å². The van der Waals surface area contributed by atoms with Crippen LogP contribution >= 0.6 is 24.0 Å². The van der Waals surface area contributed by atoms with E-state index in [-0.39, 0.29) is 30.1 Å². The van der Waals surface area contributed by atoms with Crippen molar-refractivity contribution in [3.05, 3.63) is 84.2 Å². The summed E-state index contributed by atoms with van der Waals surface area (Å²) >= 11 is 0. The van der Waals surface area contributed by atoms with Crippen LogP contribution in [0.5, 0.6) is 17.2 Å². The molecule has 4 rings (SSSR count). The van der Waals surface area contributed by atoms with Crippen molar-refractivity contribution in [1.82, 2.24) is 15.6 Å². The maximum atomic E-state index is 5.98. The minimum Gasteiger partial charge on any atom is -0.487 e. The second kappa shape index (κ2) is 12.1. The molecule has 168 valence electrons. The first-order chi connectivity index (χ1) is 15.3. The molecular formula is C24H27IN4O3. The van der Waals surface area contributed by atoms with Crippen molar-refractivity contribution in [2.45, 2.75) is 19.3 Å².